The molecule has 0 bridgehead atoms. The predicted octanol–water partition coefficient (Wildman–Crippen LogP) is 0.467. The molecule has 1 heterocycles. The van der Waals surface area contributed by atoms with E-state index in [9.17, 15) is 0 Å². The number of nitrogens with two attached hydrogens (primary N) is 1. The van der Waals surface area contributed by atoms with E-state index < -0.39 is 0 Å². The summed E-state index contributed by atoms with van der Waals surface area (Å²) in [6.45, 7) is 2.93. The molecule has 4 N–H and O–H groups in total. The molecule has 0 saturated heterocycles. The molecule has 1 rings (SSSR count). The summed E-state index contributed by atoms with van der Waals surface area (Å²) in [5, 5.41) is 19.0. The Balaban J connectivity index is 2.31. The van der Waals surface area contributed by atoms with Gasteiger partial charge in [0, 0.05) is 44.4 Å². The minimum atomic E-state index is 0.249. The van der Waals surface area contributed by atoms with Crippen molar-refractivity contribution in [3.63, 3.8) is 0 Å². The first-order chi connectivity index (χ1) is 8.17. The second-order valence-electron chi connectivity index (χ2n) is 4.05. The van der Waals surface area contributed by atoms with Gasteiger partial charge in [-0.15, -0.1) is 0 Å². The maximum Gasteiger partial charge on any atom is 0.140 e. The average Bonchev–Trinajstić information content (AvgIpc) is 2.73. The van der Waals surface area contributed by atoms with Crippen LogP contribution in [0.4, 0.5) is 0 Å². The van der Waals surface area contributed by atoms with Gasteiger partial charge in [-0.25, -0.2) is 0 Å². The summed E-state index contributed by atoms with van der Waals surface area (Å²) in [6, 6.07) is 2.26. The Morgan fingerprint density at radius 2 is 2.47 bits per heavy atom. The van der Waals surface area contributed by atoms with E-state index in [1.807, 2.05) is 17.8 Å². The second kappa shape index (κ2) is 6.90. The number of oxime groups is 1. The molecule has 0 radical (unpaired) electrons. The van der Waals surface area contributed by atoms with Gasteiger partial charge in [-0.05, 0) is 12.5 Å². The molecular weight excluding hydrogens is 218 g/mol. The van der Waals surface area contributed by atoms with Gasteiger partial charge in [-0.3, -0.25) is 4.68 Å². The van der Waals surface area contributed by atoms with Crippen LogP contribution in [0.15, 0.2) is 17.4 Å². The van der Waals surface area contributed by atoms with E-state index >= 15 is 0 Å². The molecule has 0 saturated carbocycles. The lowest BCUT2D eigenvalue weighted by Crippen LogP contribution is -2.34. The van der Waals surface area contributed by atoms with Crippen LogP contribution in [-0.2, 0) is 13.5 Å². The minimum Gasteiger partial charge on any atom is -0.409 e. The van der Waals surface area contributed by atoms with Gasteiger partial charge in [0.05, 0.1) is 0 Å². The zero-order valence-corrected chi connectivity index (χ0v) is 10.4. The lowest BCUT2D eigenvalue weighted by atomic mass is 10.1. The summed E-state index contributed by atoms with van der Waals surface area (Å²) >= 11 is 0. The Labute approximate surface area is 101 Å². The first-order valence-electron chi connectivity index (χ1n) is 5.84. The Morgan fingerprint density at radius 3 is 3.00 bits per heavy atom. The monoisotopic (exact) mass is 239 g/mol. The van der Waals surface area contributed by atoms with E-state index in [0.29, 0.717) is 6.42 Å². The first-order valence-corrected chi connectivity index (χ1v) is 5.84. The fourth-order valence-electron chi connectivity index (χ4n) is 1.71. The number of hydrogen-bond acceptors (Lipinski definition) is 4. The van der Waals surface area contributed by atoms with Crippen molar-refractivity contribution < 1.29 is 5.21 Å². The smallest absolute Gasteiger partial charge is 0.140 e. The third kappa shape index (κ3) is 4.44. The van der Waals surface area contributed by atoms with Gasteiger partial charge >= 0.3 is 0 Å². The Morgan fingerprint density at radius 1 is 1.71 bits per heavy atom. The van der Waals surface area contributed by atoms with Crippen molar-refractivity contribution in [1.82, 2.24) is 15.1 Å². The molecule has 0 fully saturated rings. The molecule has 1 aromatic heterocycles. The van der Waals surface area contributed by atoms with Crippen molar-refractivity contribution in [3.8, 4) is 0 Å². The molecule has 0 aliphatic carbocycles. The van der Waals surface area contributed by atoms with Gasteiger partial charge in [0.2, 0.25) is 0 Å². The first kappa shape index (κ1) is 13.5. The lowest BCUT2D eigenvalue weighted by molar-refractivity contribution is 0.315. The molecule has 96 valence electrons. The quantitative estimate of drug-likeness (QED) is 0.279. The Bertz CT molecular complexity index is 360. The second-order valence-corrected chi connectivity index (χ2v) is 4.05. The molecule has 0 amide bonds. The fourth-order valence-corrected chi connectivity index (χ4v) is 1.71. The molecule has 6 heteroatoms. The van der Waals surface area contributed by atoms with Crippen LogP contribution in [-0.4, -0.2) is 33.4 Å². The summed E-state index contributed by atoms with van der Waals surface area (Å²) < 4.78 is 1.87. The third-order valence-corrected chi connectivity index (χ3v) is 2.81. The van der Waals surface area contributed by atoms with E-state index in [1.165, 1.54) is 5.69 Å². The number of rotatable bonds is 7. The number of nitrogens with zero attached hydrogens (tertiary/aromatic N) is 3. The third-order valence-electron chi connectivity index (χ3n) is 2.81. The van der Waals surface area contributed by atoms with Crippen molar-refractivity contribution in [1.29, 1.82) is 0 Å². The lowest BCUT2D eigenvalue weighted by Gasteiger charge is -2.15. The molecule has 0 aromatic carbocycles. The summed E-state index contributed by atoms with van der Waals surface area (Å²) in [5.74, 6) is 0.268. The molecular formula is C11H21N5O. The zero-order valence-electron chi connectivity index (χ0n) is 10.4. The molecule has 6 nitrogen and oxygen atoms in total. The standard InChI is InChI=1S/C11H21N5O/c1-3-9(8-11(12)15-17)13-6-4-10-5-7-14-16(10)2/h5,7,9,13,17H,3-4,6,8H2,1-2H3,(H2,12,15). The molecule has 1 unspecified atom stereocenters. The van der Waals surface area contributed by atoms with Crippen molar-refractivity contribution in [3.05, 3.63) is 18.0 Å². The normalized spacial score (nSPS) is 13.9. The summed E-state index contributed by atoms with van der Waals surface area (Å²) in [6.07, 6.45) is 4.23. The topological polar surface area (TPSA) is 88.5 Å². The largest absolute Gasteiger partial charge is 0.409 e. The van der Waals surface area contributed by atoms with Crippen molar-refractivity contribution in [2.45, 2.75) is 32.2 Å². The highest BCUT2D eigenvalue weighted by Gasteiger charge is 2.08. The van der Waals surface area contributed by atoms with Crippen LogP contribution < -0.4 is 11.1 Å². The molecule has 0 aliphatic heterocycles. The molecule has 1 aromatic rings. The number of aryl methyl sites for hydroxylation is 1. The van der Waals surface area contributed by atoms with E-state index in [2.05, 4.69) is 22.5 Å². The van der Waals surface area contributed by atoms with Gasteiger partial charge in [-0.1, -0.05) is 12.1 Å². The van der Waals surface area contributed by atoms with Gasteiger partial charge in [0.1, 0.15) is 5.84 Å². The van der Waals surface area contributed by atoms with E-state index in [4.69, 9.17) is 10.9 Å². The van der Waals surface area contributed by atoms with Crippen LogP contribution in [0.25, 0.3) is 0 Å². The van der Waals surface area contributed by atoms with E-state index in [1.54, 1.807) is 6.20 Å². The van der Waals surface area contributed by atoms with E-state index in [-0.39, 0.29) is 11.9 Å². The number of hydrogen-bond donors (Lipinski definition) is 3. The maximum atomic E-state index is 8.51. The maximum absolute atomic E-state index is 8.51. The molecule has 0 spiro atoms. The fraction of sp³-hybridized carbons (Fsp3) is 0.636. The number of nitrogens with one attached hydrogen (secondary N) is 1. The van der Waals surface area contributed by atoms with Crippen LogP contribution in [0, 0.1) is 0 Å². The SMILES string of the molecule is CCC(CC(N)=NO)NCCc1ccnn1C. The van der Waals surface area contributed by atoms with Crippen LogP contribution in [0.2, 0.25) is 0 Å². The van der Waals surface area contributed by atoms with Crippen LogP contribution in [0.1, 0.15) is 25.5 Å². The molecule has 1 atom stereocenters. The van der Waals surface area contributed by atoms with Crippen molar-refractivity contribution in [2.75, 3.05) is 6.54 Å². The van der Waals surface area contributed by atoms with Crippen LogP contribution in [0.5, 0.6) is 0 Å². The highest BCUT2D eigenvalue weighted by Crippen LogP contribution is 2.00. The summed E-state index contributed by atoms with van der Waals surface area (Å²) in [4.78, 5) is 0. The van der Waals surface area contributed by atoms with Gasteiger partial charge in [0.15, 0.2) is 0 Å². The Kier molecular flexibility index (Phi) is 5.48. The number of aromatic nitrogens is 2. The average molecular weight is 239 g/mol. The predicted molar refractivity (Wildman–Crippen MR) is 67.0 cm³/mol. The highest BCUT2D eigenvalue weighted by molar-refractivity contribution is 5.80. The van der Waals surface area contributed by atoms with Gasteiger partial charge < -0.3 is 16.3 Å². The molecule has 0 aliphatic rings. The van der Waals surface area contributed by atoms with Crippen molar-refractivity contribution in [2.24, 2.45) is 17.9 Å². The van der Waals surface area contributed by atoms with Gasteiger partial charge in [-0.2, -0.15) is 5.10 Å². The van der Waals surface area contributed by atoms with Crippen LogP contribution in [0.3, 0.4) is 0 Å². The Hall–Kier alpha value is -1.56. The van der Waals surface area contributed by atoms with Gasteiger partial charge in [0.25, 0.3) is 0 Å². The number of amidine groups is 1. The summed E-state index contributed by atoms with van der Waals surface area (Å²) in [5.41, 5.74) is 6.68. The van der Waals surface area contributed by atoms with Crippen LogP contribution >= 0.6 is 0 Å². The van der Waals surface area contributed by atoms with Crippen molar-refractivity contribution >= 4 is 5.84 Å². The van der Waals surface area contributed by atoms with E-state index in [0.717, 1.165) is 19.4 Å². The summed E-state index contributed by atoms with van der Waals surface area (Å²) in [7, 11) is 1.93. The molecule has 17 heavy (non-hydrogen) atoms. The minimum absolute atomic E-state index is 0.249. The highest BCUT2D eigenvalue weighted by atomic mass is 16.4. The zero-order chi connectivity index (χ0) is 12.7.